The van der Waals surface area contributed by atoms with E-state index in [9.17, 15) is 9.59 Å². The van der Waals surface area contributed by atoms with Gasteiger partial charge in [0.2, 0.25) is 5.91 Å². The molecule has 7 nitrogen and oxygen atoms in total. The minimum absolute atomic E-state index is 0.0607. The number of carbonyl (C=O) groups excluding carboxylic acids is 2. The van der Waals surface area contributed by atoms with E-state index in [0.29, 0.717) is 27.5 Å². The van der Waals surface area contributed by atoms with Crippen LogP contribution in [0.25, 0.3) is 22.2 Å². The molecule has 0 bridgehead atoms. The van der Waals surface area contributed by atoms with Crippen molar-refractivity contribution in [2.24, 2.45) is 5.73 Å². The molecule has 2 heterocycles. The van der Waals surface area contributed by atoms with Crippen LogP contribution >= 0.6 is 11.6 Å². The maximum Gasteiger partial charge on any atom is 0.256 e. The Hall–Kier alpha value is -3.71. The van der Waals surface area contributed by atoms with Gasteiger partial charge >= 0.3 is 0 Å². The number of nitrogens with zero attached hydrogens (tertiary/aromatic N) is 3. The number of carbonyl (C=O) groups is 2. The number of para-hydroxylation sites is 1. The fourth-order valence-corrected chi connectivity index (χ4v) is 3.13. The van der Waals surface area contributed by atoms with E-state index in [1.807, 2.05) is 36.4 Å². The highest BCUT2D eigenvalue weighted by Gasteiger charge is 2.15. The summed E-state index contributed by atoms with van der Waals surface area (Å²) in [6, 6.07) is 16.4. The van der Waals surface area contributed by atoms with Crippen LogP contribution in [0.2, 0.25) is 5.02 Å². The Morgan fingerprint density at radius 2 is 1.86 bits per heavy atom. The Morgan fingerprint density at radius 1 is 1.10 bits per heavy atom. The monoisotopic (exact) mass is 405 g/mol. The molecule has 2 amide bonds. The maximum absolute atomic E-state index is 13.0. The van der Waals surface area contributed by atoms with Crippen LogP contribution in [-0.4, -0.2) is 26.6 Å². The van der Waals surface area contributed by atoms with Crippen molar-refractivity contribution in [3.63, 3.8) is 0 Å². The molecule has 3 N–H and O–H groups in total. The number of nitrogens with one attached hydrogen (secondary N) is 1. The summed E-state index contributed by atoms with van der Waals surface area (Å²) in [6.45, 7) is -0.0607. The van der Waals surface area contributed by atoms with Gasteiger partial charge < -0.3 is 11.1 Å². The molecule has 0 aliphatic heterocycles. The highest BCUT2D eigenvalue weighted by Crippen LogP contribution is 2.26. The van der Waals surface area contributed by atoms with E-state index in [4.69, 9.17) is 17.3 Å². The first-order chi connectivity index (χ1) is 14.0. The van der Waals surface area contributed by atoms with Gasteiger partial charge in [0, 0.05) is 22.2 Å². The fourth-order valence-electron chi connectivity index (χ4n) is 3.00. The number of fused-ring (bicyclic) bond motifs is 1. The number of primary amides is 1. The van der Waals surface area contributed by atoms with Gasteiger partial charge in [0.25, 0.3) is 5.91 Å². The van der Waals surface area contributed by atoms with Crippen molar-refractivity contribution in [3.05, 3.63) is 77.6 Å². The number of amides is 2. The number of halogens is 1. The summed E-state index contributed by atoms with van der Waals surface area (Å²) < 4.78 is 1.36. The zero-order chi connectivity index (χ0) is 20.4. The van der Waals surface area contributed by atoms with Crippen LogP contribution in [0.1, 0.15) is 10.4 Å². The number of pyridine rings is 1. The Labute approximate surface area is 171 Å². The molecule has 2 aromatic heterocycles. The number of anilines is 1. The maximum atomic E-state index is 13.0. The second-order valence-corrected chi connectivity index (χ2v) is 6.86. The second kappa shape index (κ2) is 7.73. The van der Waals surface area contributed by atoms with Crippen LogP contribution in [0.5, 0.6) is 0 Å². The van der Waals surface area contributed by atoms with Gasteiger partial charge in [-0.3, -0.25) is 14.3 Å². The van der Waals surface area contributed by atoms with Crippen LogP contribution in [0, 0.1) is 0 Å². The van der Waals surface area contributed by atoms with Crippen molar-refractivity contribution in [3.8, 4) is 11.3 Å². The first kappa shape index (κ1) is 18.6. The minimum atomic E-state index is -0.515. The van der Waals surface area contributed by atoms with Gasteiger partial charge in [-0.1, -0.05) is 41.9 Å². The molecule has 0 saturated carbocycles. The molecule has 0 fully saturated rings. The average molecular weight is 406 g/mol. The SMILES string of the molecule is NC(=O)Cn1cc(NC(=O)c2cc(-c3ccc(Cl)cc3)nc3ccccc23)cn1. The molecule has 4 rings (SSSR count). The van der Waals surface area contributed by atoms with Crippen molar-refractivity contribution in [1.29, 1.82) is 0 Å². The molecule has 0 saturated heterocycles. The van der Waals surface area contributed by atoms with E-state index in [2.05, 4.69) is 15.4 Å². The smallest absolute Gasteiger partial charge is 0.256 e. The molecule has 8 heteroatoms. The lowest BCUT2D eigenvalue weighted by molar-refractivity contribution is -0.118. The van der Waals surface area contributed by atoms with E-state index in [1.54, 1.807) is 24.4 Å². The molecule has 0 spiro atoms. The summed E-state index contributed by atoms with van der Waals surface area (Å²) >= 11 is 5.98. The summed E-state index contributed by atoms with van der Waals surface area (Å²) in [4.78, 5) is 28.7. The summed E-state index contributed by atoms with van der Waals surface area (Å²) in [6.07, 6.45) is 3.01. The minimum Gasteiger partial charge on any atom is -0.368 e. The van der Waals surface area contributed by atoms with E-state index in [1.165, 1.54) is 10.9 Å². The molecular weight excluding hydrogens is 390 g/mol. The number of aromatic nitrogens is 3. The third-order valence-corrected chi connectivity index (χ3v) is 4.56. The highest BCUT2D eigenvalue weighted by molar-refractivity contribution is 6.30. The van der Waals surface area contributed by atoms with Crippen LogP contribution in [0.3, 0.4) is 0 Å². The lowest BCUT2D eigenvalue weighted by Crippen LogP contribution is -2.18. The molecule has 2 aromatic carbocycles. The summed E-state index contributed by atoms with van der Waals surface area (Å²) in [5.74, 6) is -0.823. The topological polar surface area (TPSA) is 103 Å². The van der Waals surface area contributed by atoms with Crippen LogP contribution in [0.4, 0.5) is 5.69 Å². The zero-order valence-corrected chi connectivity index (χ0v) is 15.9. The Morgan fingerprint density at radius 3 is 2.62 bits per heavy atom. The second-order valence-electron chi connectivity index (χ2n) is 6.43. The predicted octanol–water partition coefficient (Wildman–Crippen LogP) is 3.49. The molecule has 0 atom stereocenters. The van der Waals surface area contributed by atoms with E-state index in [-0.39, 0.29) is 12.5 Å². The van der Waals surface area contributed by atoms with Gasteiger partial charge in [-0.05, 0) is 24.3 Å². The molecule has 0 unspecified atom stereocenters. The molecule has 29 heavy (non-hydrogen) atoms. The van der Waals surface area contributed by atoms with Gasteiger partial charge in [-0.15, -0.1) is 0 Å². The molecule has 0 aliphatic carbocycles. The quantitative estimate of drug-likeness (QED) is 0.530. The van der Waals surface area contributed by atoms with Gasteiger partial charge in [0.05, 0.1) is 28.7 Å². The summed E-state index contributed by atoms with van der Waals surface area (Å²) in [5, 5.41) is 8.18. The average Bonchev–Trinajstić information content (AvgIpc) is 3.13. The highest BCUT2D eigenvalue weighted by atomic mass is 35.5. The Kier molecular flexibility index (Phi) is 4.97. The summed E-state index contributed by atoms with van der Waals surface area (Å²) in [7, 11) is 0. The number of nitrogens with two attached hydrogens (primary N) is 1. The zero-order valence-electron chi connectivity index (χ0n) is 15.2. The number of rotatable bonds is 5. The van der Waals surface area contributed by atoms with Crippen molar-refractivity contribution in [2.45, 2.75) is 6.54 Å². The Bertz CT molecular complexity index is 1220. The van der Waals surface area contributed by atoms with E-state index >= 15 is 0 Å². The van der Waals surface area contributed by atoms with Crippen LogP contribution in [-0.2, 0) is 11.3 Å². The molecule has 0 radical (unpaired) electrons. The number of benzene rings is 2. The van der Waals surface area contributed by atoms with Crippen molar-refractivity contribution < 1.29 is 9.59 Å². The molecule has 0 aliphatic rings. The van der Waals surface area contributed by atoms with E-state index in [0.717, 1.165) is 10.9 Å². The van der Waals surface area contributed by atoms with Gasteiger partial charge in [0.1, 0.15) is 6.54 Å². The molecule has 144 valence electrons. The molecular formula is C21H16ClN5O2. The van der Waals surface area contributed by atoms with E-state index < -0.39 is 5.91 Å². The fraction of sp³-hybridized carbons (Fsp3) is 0.0476. The van der Waals surface area contributed by atoms with Gasteiger partial charge in [-0.25, -0.2) is 4.98 Å². The van der Waals surface area contributed by atoms with Crippen LogP contribution in [0.15, 0.2) is 67.0 Å². The summed E-state index contributed by atoms with van der Waals surface area (Å²) in [5.41, 5.74) is 8.32. The van der Waals surface area contributed by atoms with Gasteiger partial charge in [-0.2, -0.15) is 5.10 Å². The first-order valence-electron chi connectivity index (χ1n) is 8.77. The normalized spacial score (nSPS) is 10.8. The third-order valence-electron chi connectivity index (χ3n) is 4.31. The van der Waals surface area contributed by atoms with Gasteiger partial charge in [0.15, 0.2) is 0 Å². The molecule has 4 aromatic rings. The Balaban J connectivity index is 1.71. The predicted molar refractivity (Wildman–Crippen MR) is 112 cm³/mol. The lowest BCUT2D eigenvalue weighted by atomic mass is 10.0. The first-order valence-corrected chi connectivity index (χ1v) is 9.15. The third kappa shape index (κ3) is 4.09. The largest absolute Gasteiger partial charge is 0.368 e. The van der Waals surface area contributed by atoms with Crippen molar-refractivity contribution >= 4 is 40.0 Å². The number of hydrogen-bond acceptors (Lipinski definition) is 4. The van der Waals surface area contributed by atoms with Crippen molar-refractivity contribution in [1.82, 2.24) is 14.8 Å². The van der Waals surface area contributed by atoms with Crippen LogP contribution < -0.4 is 11.1 Å². The lowest BCUT2D eigenvalue weighted by Gasteiger charge is -2.10. The van der Waals surface area contributed by atoms with Crippen molar-refractivity contribution in [2.75, 3.05) is 5.32 Å². The number of hydrogen-bond donors (Lipinski definition) is 2. The standard InChI is InChI=1S/C21H16ClN5O2/c22-14-7-5-13(6-8-14)19-9-17(16-3-1-2-4-18(16)26-19)21(29)25-15-10-24-27(11-15)12-20(23)28/h1-11H,12H2,(H2,23,28)(H,25,29).